The molecule has 0 bridgehead atoms. The first kappa shape index (κ1) is 27.0. The van der Waals surface area contributed by atoms with Crippen LogP contribution in [0.3, 0.4) is 0 Å². The number of aryl methyl sites for hydroxylation is 1. The van der Waals surface area contributed by atoms with Gasteiger partial charge in [-0.25, -0.2) is 4.57 Å². The van der Waals surface area contributed by atoms with Gasteiger partial charge in [-0.1, -0.05) is 49.7 Å². The molecule has 2 rings (SSSR count). The number of phosphoric acid groups is 1. The van der Waals surface area contributed by atoms with Gasteiger partial charge in [0.2, 0.25) is 0 Å². The Hall–Kier alpha value is -1.25. The van der Waals surface area contributed by atoms with E-state index in [9.17, 15) is 9.67 Å². The molecule has 0 aliphatic rings. The molecule has 1 unspecified atom stereocenters. The molecule has 0 fully saturated rings. The van der Waals surface area contributed by atoms with Crippen molar-refractivity contribution in [3.8, 4) is 11.5 Å². The fourth-order valence-corrected chi connectivity index (χ4v) is 4.85. The minimum Gasteiger partial charge on any atom is -0.507 e. The van der Waals surface area contributed by atoms with Crippen molar-refractivity contribution in [2.75, 3.05) is 13.2 Å². The summed E-state index contributed by atoms with van der Waals surface area (Å²) >= 11 is 7.88. The standard InChI is InChI=1S/C22H31ClNO6PS/c1-3-10-22(24,15-30-31(26,27)28)11-9-16-5-7-18(14-19(16)23)32-21-13-17(29-12-4-2)6-8-20(21)25/h5-8,13-14,25H,3-4,9-12,15,24H2,1-2H3,(H2,26,27,28). The minimum absolute atomic E-state index is 0.164. The molecule has 0 heterocycles. The summed E-state index contributed by atoms with van der Waals surface area (Å²) in [5.74, 6) is 0.860. The van der Waals surface area contributed by atoms with Gasteiger partial charge in [-0.05, 0) is 61.6 Å². The monoisotopic (exact) mass is 503 g/mol. The van der Waals surface area contributed by atoms with Gasteiger partial charge in [0.25, 0.3) is 0 Å². The average molecular weight is 504 g/mol. The van der Waals surface area contributed by atoms with E-state index in [1.54, 1.807) is 18.2 Å². The largest absolute Gasteiger partial charge is 0.507 e. The second kappa shape index (κ2) is 12.3. The highest BCUT2D eigenvalue weighted by atomic mass is 35.5. The Morgan fingerprint density at radius 1 is 1.12 bits per heavy atom. The van der Waals surface area contributed by atoms with E-state index < -0.39 is 13.4 Å². The van der Waals surface area contributed by atoms with Gasteiger partial charge in [-0.15, -0.1) is 0 Å². The second-order valence-electron chi connectivity index (χ2n) is 7.71. The molecule has 2 aromatic carbocycles. The smallest absolute Gasteiger partial charge is 0.469 e. The number of hydrogen-bond donors (Lipinski definition) is 4. The maximum absolute atomic E-state index is 11.1. The molecule has 2 aromatic rings. The fraction of sp³-hybridized carbons (Fsp3) is 0.455. The number of hydrogen-bond acceptors (Lipinski definition) is 6. The zero-order valence-corrected chi connectivity index (χ0v) is 20.8. The van der Waals surface area contributed by atoms with Crippen LogP contribution in [0.5, 0.6) is 11.5 Å². The molecule has 0 amide bonds. The normalized spacial score (nSPS) is 13.7. The molecule has 32 heavy (non-hydrogen) atoms. The van der Waals surface area contributed by atoms with Gasteiger partial charge in [0.1, 0.15) is 11.5 Å². The predicted octanol–water partition coefficient (Wildman–Crippen LogP) is 5.53. The summed E-state index contributed by atoms with van der Waals surface area (Å²) in [5, 5.41) is 10.7. The molecule has 0 saturated carbocycles. The Morgan fingerprint density at radius 3 is 2.50 bits per heavy atom. The maximum Gasteiger partial charge on any atom is 0.469 e. The second-order valence-corrected chi connectivity index (χ2v) is 10.5. The van der Waals surface area contributed by atoms with E-state index in [-0.39, 0.29) is 12.4 Å². The number of phosphoric ester groups is 1. The van der Waals surface area contributed by atoms with E-state index in [1.807, 2.05) is 32.0 Å². The van der Waals surface area contributed by atoms with Crippen LogP contribution in [0.1, 0.15) is 45.1 Å². The van der Waals surface area contributed by atoms with Crippen LogP contribution in [0.4, 0.5) is 0 Å². The third-order valence-corrected chi connectivity index (χ3v) is 6.67. The highest BCUT2D eigenvalue weighted by Gasteiger charge is 2.28. The topological polar surface area (TPSA) is 122 Å². The van der Waals surface area contributed by atoms with Crippen LogP contribution in [0.2, 0.25) is 5.02 Å². The quantitative estimate of drug-likeness (QED) is 0.263. The zero-order valence-electron chi connectivity index (χ0n) is 18.3. The third kappa shape index (κ3) is 8.94. The van der Waals surface area contributed by atoms with Crippen molar-refractivity contribution < 1.29 is 28.7 Å². The Bertz CT molecular complexity index is 941. The Morgan fingerprint density at radius 2 is 1.88 bits per heavy atom. The summed E-state index contributed by atoms with van der Waals surface area (Å²) < 4.78 is 21.4. The lowest BCUT2D eigenvalue weighted by Gasteiger charge is -2.29. The Balaban J connectivity index is 2.07. The van der Waals surface area contributed by atoms with Crippen LogP contribution in [-0.4, -0.2) is 33.6 Å². The first-order chi connectivity index (χ1) is 15.0. The third-order valence-electron chi connectivity index (χ3n) is 4.82. The fourth-order valence-electron chi connectivity index (χ4n) is 3.17. The number of phenolic OH excluding ortho intramolecular Hbond substituents is 1. The number of aromatic hydroxyl groups is 1. The first-order valence-electron chi connectivity index (χ1n) is 10.5. The maximum atomic E-state index is 11.1. The van der Waals surface area contributed by atoms with Crippen LogP contribution in [-0.2, 0) is 15.5 Å². The molecule has 178 valence electrons. The SMILES string of the molecule is CCCOc1ccc(O)c(Sc2ccc(CCC(N)(CCC)COP(=O)(O)O)c(Cl)c2)c1. The molecule has 0 aliphatic carbocycles. The molecule has 10 heteroatoms. The van der Waals surface area contributed by atoms with E-state index in [4.69, 9.17) is 31.9 Å². The average Bonchev–Trinajstić information content (AvgIpc) is 2.72. The predicted molar refractivity (Wildman–Crippen MR) is 128 cm³/mol. The Labute approximate surface area is 198 Å². The van der Waals surface area contributed by atoms with Gasteiger partial charge in [0, 0.05) is 15.5 Å². The van der Waals surface area contributed by atoms with Crippen molar-refractivity contribution in [3.63, 3.8) is 0 Å². The van der Waals surface area contributed by atoms with Crippen molar-refractivity contribution in [3.05, 3.63) is 47.0 Å². The van der Waals surface area contributed by atoms with Gasteiger partial charge < -0.3 is 25.4 Å². The van der Waals surface area contributed by atoms with E-state index in [2.05, 4.69) is 4.52 Å². The van der Waals surface area contributed by atoms with Crippen LogP contribution >= 0.6 is 31.2 Å². The summed E-state index contributed by atoms with van der Waals surface area (Å²) in [6, 6.07) is 10.8. The van der Waals surface area contributed by atoms with Gasteiger partial charge in [0.15, 0.2) is 0 Å². The molecule has 0 aliphatic heterocycles. The van der Waals surface area contributed by atoms with Crippen molar-refractivity contribution in [1.29, 1.82) is 0 Å². The first-order valence-corrected chi connectivity index (χ1v) is 13.2. The van der Waals surface area contributed by atoms with Crippen molar-refractivity contribution >= 4 is 31.2 Å². The number of halogens is 1. The van der Waals surface area contributed by atoms with Gasteiger partial charge in [-0.2, -0.15) is 0 Å². The van der Waals surface area contributed by atoms with Crippen molar-refractivity contribution in [1.82, 2.24) is 0 Å². The van der Waals surface area contributed by atoms with E-state index >= 15 is 0 Å². The minimum atomic E-state index is -4.58. The van der Waals surface area contributed by atoms with E-state index in [0.717, 1.165) is 23.3 Å². The summed E-state index contributed by atoms with van der Waals surface area (Å²) in [5.41, 5.74) is 6.37. The summed E-state index contributed by atoms with van der Waals surface area (Å²) in [6.45, 7) is 4.36. The lowest BCUT2D eigenvalue weighted by Crippen LogP contribution is -2.44. The number of nitrogens with two attached hydrogens (primary N) is 1. The number of benzene rings is 2. The van der Waals surface area contributed by atoms with E-state index in [1.165, 1.54) is 11.8 Å². The van der Waals surface area contributed by atoms with Gasteiger partial charge in [-0.3, -0.25) is 4.52 Å². The summed E-state index contributed by atoms with van der Waals surface area (Å²) in [7, 11) is -4.58. The number of phenols is 1. The molecule has 0 saturated heterocycles. The highest BCUT2D eigenvalue weighted by Crippen LogP contribution is 2.39. The van der Waals surface area contributed by atoms with Gasteiger partial charge >= 0.3 is 7.82 Å². The van der Waals surface area contributed by atoms with Crippen LogP contribution in [0, 0.1) is 0 Å². The summed E-state index contributed by atoms with van der Waals surface area (Å²) in [6.07, 6.45) is 3.22. The number of rotatable bonds is 13. The molecule has 0 aromatic heterocycles. The molecular formula is C22H31ClNO6PS. The number of ether oxygens (including phenoxy) is 1. The molecule has 1 atom stereocenters. The molecular weight excluding hydrogens is 473 g/mol. The molecule has 5 N–H and O–H groups in total. The van der Waals surface area contributed by atoms with Crippen LogP contribution in [0.25, 0.3) is 0 Å². The van der Waals surface area contributed by atoms with Gasteiger partial charge in [0.05, 0.1) is 18.1 Å². The Kier molecular flexibility index (Phi) is 10.4. The van der Waals surface area contributed by atoms with Crippen LogP contribution in [0.15, 0.2) is 46.2 Å². The molecule has 0 spiro atoms. The van der Waals surface area contributed by atoms with Crippen LogP contribution < -0.4 is 10.5 Å². The summed E-state index contributed by atoms with van der Waals surface area (Å²) in [4.78, 5) is 19.5. The van der Waals surface area contributed by atoms with E-state index in [0.29, 0.717) is 41.5 Å². The highest BCUT2D eigenvalue weighted by molar-refractivity contribution is 7.99. The van der Waals surface area contributed by atoms with Crippen molar-refractivity contribution in [2.24, 2.45) is 5.73 Å². The molecule has 7 nitrogen and oxygen atoms in total. The zero-order chi connectivity index (χ0) is 23.8. The molecule has 0 radical (unpaired) electrons. The lowest BCUT2D eigenvalue weighted by atomic mass is 9.89. The lowest BCUT2D eigenvalue weighted by molar-refractivity contribution is 0.141. The van der Waals surface area contributed by atoms with Crippen molar-refractivity contribution in [2.45, 2.75) is 61.3 Å².